The van der Waals surface area contributed by atoms with Gasteiger partial charge in [-0.25, -0.2) is 9.97 Å². The van der Waals surface area contributed by atoms with E-state index in [1.807, 2.05) is 6.07 Å². The molecular weight excluding hydrogens is 371 g/mol. The first-order valence-electron chi connectivity index (χ1n) is 8.36. The Kier molecular flexibility index (Phi) is 5.67. The quantitative estimate of drug-likeness (QED) is 0.657. The molecule has 3 aromatic rings. The van der Waals surface area contributed by atoms with Gasteiger partial charge in [-0.15, -0.1) is 0 Å². The summed E-state index contributed by atoms with van der Waals surface area (Å²) in [4.78, 5) is 8.55. The lowest BCUT2D eigenvalue weighted by Crippen LogP contribution is -2.08. The Bertz CT molecular complexity index is 961. The zero-order valence-corrected chi connectivity index (χ0v) is 15.2. The lowest BCUT2D eigenvalue weighted by molar-refractivity contribution is -0.137. The lowest BCUT2D eigenvalue weighted by Gasteiger charge is -2.11. The molecule has 0 bridgehead atoms. The van der Waals surface area contributed by atoms with E-state index < -0.39 is 11.7 Å². The van der Waals surface area contributed by atoms with E-state index in [0.29, 0.717) is 28.7 Å². The summed E-state index contributed by atoms with van der Waals surface area (Å²) in [6.07, 6.45) is -2.80. The van der Waals surface area contributed by atoms with E-state index in [1.165, 1.54) is 6.07 Å². The normalized spacial score (nSPS) is 11.2. The Labute approximate surface area is 160 Å². The van der Waals surface area contributed by atoms with Crippen molar-refractivity contribution in [3.63, 3.8) is 0 Å². The zero-order valence-electron chi connectivity index (χ0n) is 15.2. The van der Waals surface area contributed by atoms with E-state index in [9.17, 15) is 13.2 Å². The lowest BCUT2D eigenvalue weighted by atomic mass is 10.1. The van der Waals surface area contributed by atoms with Crippen molar-refractivity contribution in [3.05, 3.63) is 65.9 Å². The highest BCUT2D eigenvalue weighted by molar-refractivity contribution is 5.64. The fraction of sp³-hybridized carbons (Fsp3) is 0.200. The largest absolute Gasteiger partial charge is 0.493 e. The van der Waals surface area contributed by atoms with Gasteiger partial charge in [0.05, 0.1) is 25.5 Å². The molecule has 28 heavy (non-hydrogen) atoms. The van der Waals surface area contributed by atoms with Crippen LogP contribution in [0, 0.1) is 0 Å². The first-order valence-corrected chi connectivity index (χ1v) is 8.36. The highest BCUT2D eigenvalue weighted by Crippen LogP contribution is 2.32. The number of methoxy groups -OCH3 is 2. The summed E-state index contributed by atoms with van der Waals surface area (Å²) in [5, 5.41) is 2.96. The molecule has 3 rings (SSSR count). The van der Waals surface area contributed by atoms with Crippen molar-refractivity contribution in [2.24, 2.45) is 0 Å². The fourth-order valence-electron chi connectivity index (χ4n) is 2.64. The van der Waals surface area contributed by atoms with Crippen LogP contribution in [0.4, 0.5) is 19.1 Å². The van der Waals surface area contributed by atoms with Gasteiger partial charge in [0.2, 0.25) is 5.95 Å². The van der Waals surface area contributed by atoms with Crippen LogP contribution in [0.2, 0.25) is 0 Å². The van der Waals surface area contributed by atoms with Gasteiger partial charge in [-0.1, -0.05) is 12.1 Å². The Morgan fingerprint density at radius 2 is 1.75 bits per heavy atom. The minimum atomic E-state index is -4.38. The van der Waals surface area contributed by atoms with E-state index in [2.05, 4.69) is 15.3 Å². The minimum absolute atomic E-state index is 0.166. The van der Waals surface area contributed by atoms with Gasteiger partial charge in [-0.3, -0.25) is 0 Å². The molecule has 1 N–H and O–H groups in total. The summed E-state index contributed by atoms with van der Waals surface area (Å²) in [6.45, 7) is 0.166. The molecular formula is C20H18F3N3O2. The fourth-order valence-corrected chi connectivity index (χ4v) is 2.64. The molecule has 5 nitrogen and oxygen atoms in total. The van der Waals surface area contributed by atoms with E-state index in [1.54, 1.807) is 44.7 Å². The van der Waals surface area contributed by atoms with Crippen LogP contribution in [0.1, 0.15) is 11.1 Å². The van der Waals surface area contributed by atoms with Crippen LogP contribution in [0.25, 0.3) is 11.3 Å². The molecule has 1 aromatic heterocycles. The number of alkyl halides is 3. The number of ether oxygens (including phenoxy) is 2. The van der Waals surface area contributed by atoms with Gasteiger partial charge in [0.25, 0.3) is 0 Å². The van der Waals surface area contributed by atoms with Gasteiger partial charge in [-0.2, -0.15) is 13.2 Å². The predicted octanol–water partition coefficient (Wildman–Crippen LogP) is 4.79. The third-order valence-corrected chi connectivity index (χ3v) is 4.04. The molecule has 8 heteroatoms. The number of benzene rings is 2. The summed E-state index contributed by atoms with van der Waals surface area (Å²) in [5.74, 6) is 1.48. The molecule has 0 fully saturated rings. The maximum atomic E-state index is 12.8. The summed E-state index contributed by atoms with van der Waals surface area (Å²) in [7, 11) is 3.10. The van der Waals surface area contributed by atoms with Crippen molar-refractivity contribution in [2.75, 3.05) is 19.5 Å². The van der Waals surface area contributed by atoms with Gasteiger partial charge in [-0.05, 0) is 42.0 Å². The standard InChI is InChI=1S/C20H18F3N3O2/c1-27-17-7-6-14(11-18(17)28-2)16-8-9-24-19(26-16)25-12-13-4-3-5-15(10-13)20(21,22)23/h3-11H,12H2,1-2H3,(H,24,25,26). The average Bonchev–Trinajstić information content (AvgIpc) is 2.71. The number of anilines is 1. The van der Waals surface area contributed by atoms with Crippen LogP contribution in [-0.2, 0) is 12.7 Å². The average molecular weight is 389 g/mol. The molecule has 0 aliphatic heterocycles. The summed E-state index contributed by atoms with van der Waals surface area (Å²) in [5.41, 5.74) is 1.23. The van der Waals surface area contributed by atoms with Crippen LogP contribution in [-0.4, -0.2) is 24.2 Å². The SMILES string of the molecule is COc1ccc(-c2ccnc(NCc3cccc(C(F)(F)F)c3)n2)cc1OC. The Hall–Kier alpha value is -3.29. The maximum Gasteiger partial charge on any atom is 0.416 e. The Morgan fingerprint density at radius 3 is 2.46 bits per heavy atom. The molecule has 0 aliphatic rings. The number of hydrogen-bond donors (Lipinski definition) is 1. The van der Waals surface area contributed by atoms with Crippen molar-refractivity contribution in [1.82, 2.24) is 9.97 Å². The predicted molar refractivity (Wildman–Crippen MR) is 99.3 cm³/mol. The Morgan fingerprint density at radius 1 is 0.964 bits per heavy atom. The van der Waals surface area contributed by atoms with Crippen molar-refractivity contribution in [2.45, 2.75) is 12.7 Å². The molecule has 0 saturated heterocycles. The maximum absolute atomic E-state index is 12.8. The zero-order chi connectivity index (χ0) is 20.1. The third-order valence-electron chi connectivity index (χ3n) is 4.04. The number of hydrogen-bond acceptors (Lipinski definition) is 5. The van der Waals surface area contributed by atoms with Crippen LogP contribution in [0.5, 0.6) is 11.5 Å². The van der Waals surface area contributed by atoms with E-state index >= 15 is 0 Å². The van der Waals surface area contributed by atoms with Crippen molar-refractivity contribution < 1.29 is 22.6 Å². The number of halogens is 3. The first-order chi connectivity index (χ1) is 13.4. The summed E-state index contributed by atoms with van der Waals surface area (Å²) < 4.78 is 49.0. The second kappa shape index (κ2) is 8.16. The number of nitrogens with one attached hydrogen (secondary N) is 1. The van der Waals surface area contributed by atoms with Gasteiger partial charge in [0.15, 0.2) is 11.5 Å². The van der Waals surface area contributed by atoms with Crippen molar-refractivity contribution >= 4 is 5.95 Å². The molecule has 2 aromatic carbocycles. The van der Waals surface area contributed by atoms with E-state index in [0.717, 1.165) is 17.7 Å². The van der Waals surface area contributed by atoms with Crippen molar-refractivity contribution in [3.8, 4) is 22.8 Å². The molecule has 0 spiro atoms. The number of rotatable bonds is 6. The van der Waals surface area contributed by atoms with E-state index in [-0.39, 0.29) is 6.54 Å². The molecule has 0 unspecified atom stereocenters. The molecule has 146 valence electrons. The van der Waals surface area contributed by atoms with Gasteiger partial charge < -0.3 is 14.8 Å². The second-order valence-electron chi connectivity index (χ2n) is 5.89. The smallest absolute Gasteiger partial charge is 0.416 e. The Balaban J connectivity index is 1.77. The van der Waals surface area contributed by atoms with Crippen molar-refractivity contribution in [1.29, 1.82) is 0 Å². The highest BCUT2D eigenvalue weighted by Gasteiger charge is 2.30. The van der Waals surface area contributed by atoms with Crippen LogP contribution in [0.3, 0.4) is 0 Å². The number of aromatic nitrogens is 2. The molecule has 0 saturated carbocycles. The molecule has 1 heterocycles. The van der Waals surface area contributed by atoms with E-state index in [4.69, 9.17) is 9.47 Å². The number of nitrogens with zero attached hydrogens (tertiary/aromatic N) is 2. The molecule has 0 amide bonds. The molecule has 0 atom stereocenters. The minimum Gasteiger partial charge on any atom is -0.493 e. The third kappa shape index (κ3) is 4.51. The highest BCUT2D eigenvalue weighted by atomic mass is 19.4. The second-order valence-corrected chi connectivity index (χ2v) is 5.89. The van der Waals surface area contributed by atoms with Crippen LogP contribution in [0.15, 0.2) is 54.7 Å². The first kappa shape index (κ1) is 19.5. The van der Waals surface area contributed by atoms with Gasteiger partial charge in [0.1, 0.15) is 0 Å². The topological polar surface area (TPSA) is 56.3 Å². The molecule has 0 aliphatic carbocycles. The van der Waals surface area contributed by atoms with Crippen LogP contribution < -0.4 is 14.8 Å². The summed E-state index contributed by atoms with van der Waals surface area (Å²) >= 11 is 0. The summed E-state index contributed by atoms with van der Waals surface area (Å²) in [6, 6.07) is 12.3. The van der Waals surface area contributed by atoms with Gasteiger partial charge in [0, 0.05) is 18.3 Å². The van der Waals surface area contributed by atoms with Gasteiger partial charge >= 0.3 is 6.18 Å². The monoisotopic (exact) mass is 389 g/mol. The molecule has 0 radical (unpaired) electrons. The van der Waals surface area contributed by atoms with Crippen LogP contribution >= 0.6 is 0 Å².